The number of nitrogens with zero attached hydrogens (tertiary/aromatic N) is 2. The van der Waals surface area contributed by atoms with Crippen LogP contribution in [-0.2, 0) is 4.79 Å². The SMILES string of the molecule is C/C=C(/C(=O)O)c1cccc2ccc(Oc3nc(OC)cc(OC)n3)cc12. The van der Waals surface area contributed by atoms with E-state index in [-0.39, 0.29) is 11.6 Å². The fraction of sp³-hybridized carbons (Fsp3) is 0.150. The number of aromatic nitrogens is 2. The maximum absolute atomic E-state index is 11.5. The molecule has 0 aliphatic heterocycles. The monoisotopic (exact) mass is 366 g/mol. The third kappa shape index (κ3) is 3.82. The quantitative estimate of drug-likeness (QED) is 0.661. The molecule has 27 heavy (non-hydrogen) atoms. The summed E-state index contributed by atoms with van der Waals surface area (Å²) in [4.78, 5) is 19.8. The molecule has 0 atom stereocenters. The maximum atomic E-state index is 11.5. The van der Waals surface area contributed by atoms with E-state index in [1.54, 1.807) is 31.2 Å². The maximum Gasteiger partial charge on any atom is 0.335 e. The van der Waals surface area contributed by atoms with E-state index in [0.717, 1.165) is 10.8 Å². The first kappa shape index (κ1) is 18.2. The van der Waals surface area contributed by atoms with E-state index in [4.69, 9.17) is 14.2 Å². The van der Waals surface area contributed by atoms with Crippen LogP contribution < -0.4 is 14.2 Å². The molecule has 0 saturated carbocycles. The number of hydrogen-bond donors (Lipinski definition) is 1. The van der Waals surface area contributed by atoms with Gasteiger partial charge >= 0.3 is 12.0 Å². The van der Waals surface area contributed by atoms with Crippen molar-refractivity contribution in [1.29, 1.82) is 0 Å². The van der Waals surface area contributed by atoms with Gasteiger partial charge in [0.2, 0.25) is 11.8 Å². The molecule has 3 rings (SSSR count). The first-order valence-electron chi connectivity index (χ1n) is 8.13. The molecular weight excluding hydrogens is 348 g/mol. The number of methoxy groups -OCH3 is 2. The number of allylic oxidation sites excluding steroid dienone is 1. The van der Waals surface area contributed by atoms with Crippen LogP contribution in [0.5, 0.6) is 23.5 Å². The summed E-state index contributed by atoms with van der Waals surface area (Å²) in [6, 6.07) is 12.5. The molecule has 138 valence electrons. The average Bonchev–Trinajstić information content (AvgIpc) is 2.68. The highest BCUT2D eigenvalue weighted by atomic mass is 16.5. The summed E-state index contributed by atoms with van der Waals surface area (Å²) in [7, 11) is 2.97. The number of hydrogen-bond acceptors (Lipinski definition) is 6. The van der Waals surface area contributed by atoms with E-state index in [1.165, 1.54) is 20.3 Å². The van der Waals surface area contributed by atoms with Gasteiger partial charge in [0.15, 0.2) is 0 Å². The number of ether oxygens (including phenoxy) is 3. The lowest BCUT2D eigenvalue weighted by atomic mass is 9.98. The summed E-state index contributed by atoms with van der Waals surface area (Å²) in [6.07, 6.45) is 1.57. The Morgan fingerprint density at radius 2 is 1.74 bits per heavy atom. The van der Waals surface area contributed by atoms with E-state index in [1.807, 2.05) is 18.2 Å². The normalized spacial score (nSPS) is 11.3. The fourth-order valence-electron chi connectivity index (χ4n) is 2.69. The fourth-order valence-corrected chi connectivity index (χ4v) is 2.69. The highest BCUT2D eigenvalue weighted by Gasteiger charge is 2.14. The number of benzene rings is 2. The Bertz CT molecular complexity index is 1010. The minimum Gasteiger partial charge on any atom is -0.481 e. The lowest BCUT2D eigenvalue weighted by molar-refractivity contribution is -0.130. The Hall–Kier alpha value is -3.61. The number of carboxylic acid groups (broad SMARTS) is 1. The summed E-state index contributed by atoms with van der Waals surface area (Å²) in [5.41, 5.74) is 0.828. The smallest absolute Gasteiger partial charge is 0.335 e. The van der Waals surface area contributed by atoms with E-state index >= 15 is 0 Å². The zero-order valence-corrected chi connectivity index (χ0v) is 15.1. The van der Waals surface area contributed by atoms with Gasteiger partial charge in [0.25, 0.3) is 0 Å². The second kappa shape index (κ2) is 7.74. The molecule has 0 amide bonds. The minimum atomic E-state index is -0.989. The number of carbonyl (C=O) groups is 1. The summed E-state index contributed by atoms with van der Waals surface area (Å²) < 4.78 is 16.0. The number of aliphatic carboxylic acids is 1. The molecule has 0 aliphatic carbocycles. The van der Waals surface area contributed by atoms with Crippen LogP contribution in [0.1, 0.15) is 12.5 Å². The van der Waals surface area contributed by atoms with E-state index in [9.17, 15) is 9.90 Å². The molecule has 0 radical (unpaired) electrons. The Balaban J connectivity index is 2.06. The second-order valence-corrected chi connectivity index (χ2v) is 5.53. The molecule has 1 N–H and O–H groups in total. The van der Waals surface area contributed by atoms with Crippen LogP contribution in [0.15, 0.2) is 48.5 Å². The van der Waals surface area contributed by atoms with Gasteiger partial charge in [-0.15, -0.1) is 0 Å². The van der Waals surface area contributed by atoms with Crippen molar-refractivity contribution in [2.24, 2.45) is 0 Å². The van der Waals surface area contributed by atoms with E-state index < -0.39 is 5.97 Å². The van der Waals surface area contributed by atoms with Gasteiger partial charge in [-0.25, -0.2) is 4.79 Å². The minimum absolute atomic E-state index is 0.0625. The zero-order valence-electron chi connectivity index (χ0n) is 15.1. The molecule has 3 aromatic rings. The third-order valence-corrected chi connectivity index (χ3v) is 3.95. The van der Waals surface area contributed by atoms with Gasteiger partial charge in [-0.05, 0) is 35.4 Å². The first-order chi connectivity index (χ1) is 13.0. The largest absolute Gasteiger partial charge is 0.481 e. The molecule has 0 bridgehead atoms. The van der Waals surface area contributed by atoms with Gasteiger partial charge in [-0.1, -0.05) is 30.3 Å². The van der Waals surface area contributed by atoms with Crippen LogP contribution in [-0.4, -0.2) is 35.3 Å². The molecule has 0 spiro atoms. The van der Waals surface area contributed by atoms with Gasteiger partial charge in [0.05, 0.1) is 25.9 Å². The molecule has 1 aromatic heterocycles. The van der Waals surface area contributed by atoms with Gasteiger partial charge in [-0.3, -0.25) is 0 Å². The number of fused-ring (bicyclic) bond motifs is 1. The van der Waals surface area contributed by atoms with Crippen molar-refractivity contribution in [1.82, 2.24) is 9.97 Å². The summed E-state index contributed by atoms with van der Waals surface area (Å²) in [5.74, 6) is 0.0871. The predicted octanol–water partition coefficient (Wildman–Crippen LogP) is 3.93. The summed E-state index contributed by atoms with van der Waals surface area (Å²) in [6.45, 7) is 1.69. The van der Waals surface area contributed by atoms with Crippen molar-refractivity contribution in [3.8, 4) is 23.5 Å². The highest BCUT2D eigenvalue weighted by Crippen LogP contribution is 2.31. The molecule has 7 heteroatoms. The van der Waals surface area contributed by atoms with Crippen molar-refractivity contribution < 1.29 is 24.1 Å². The van der Waals surface area contributed by atoms with E-state index in [0.29, 0.717) is 23.1 Å². The Kier molecular flexibility index (Phi) is 5.21. The van der Waals surface area contributed by atoms with Crippen molar-refractivity contribution in [3.05, 3.63) is 54.1 Å². The van der Waals surface area contributed by atoms with Gasteiger partial charge in [0.1, 0.15) is 5.75 Å². The molecule has 2 aromatic carbocycles. The van der Waals surface area contributed by atoms with Crippen molar-refractivity contribution in [2.45, 2.75) is 6.92 Å². The molecule has 1 heterocycles. The number of carboxylic acids is 1. The molecule has 0 unspecified atom stereocenters. The molecule has 7 nitrogen and oxygen atoms in total. The van der Waals surface area contributed by atoms with Crippen molar-refractivity contribution in [2.75, 3.05) is 14.2 Å². The van der Waals surface area contributed by atoms with Gasteiger partial charge < -0.3 is 19.3 Å². The zero-order chi connectivity index (χ0) is 19.4. The lowest BCUT2D eigenvalue weighted by Crippen LogP contribution is -2.00. The summed E-state index contributed by atoms with van der Waals surface area (Å²) >= 11 is 0. The Morgan fingerprint density at radius 3 is 2.33 bits per heavy atom. The van der Waals surface area contributed by atoms with Crippen molar-refractivity contribution >= 4 is 22.3 Å². The molecule has 0 saturated heterocycles. The summed E-state index contributed by atoms with van der Waals surface area (Å²) in [5, 5.41) is 11.1. The second-order valence-electron chi connectivity index (χ2n) is 5.53. The topological polar surface area (TPSA) is 90.8 Å². The van der Waals surface area contributed by atoms with Gasteiger partial charge in [-0.2, -0.15) is 9.97 Å². The number of rotatable bonds is 6. The third-order valence-electron chi connectivity index (χ3n) is 3.95. The van der Waals surface area contributed by atoms with Crippen molar-refractivity contribution in [3.63, 3.8) is 0 Å². The van der Waals surface area contributed by atoms with E-state index in [2.05, 4.69) is 9.97 Å². The van der Waals surface area contributed by atoms with Crippen LogP contribution in [0.4, 0.5) is 0 Å². The lowest BCUT2D eigenvalue weighted by Gasteiger charge is -2.11. The highest BCUT2D eigenvalue weighted by molar-refractivity contribution is 6.19. The Labute approximate surface area is 155 Å². The average molecular weight is 366 g/mol. The van der Waals surface area contributed by atoms with Crippen LogP contribution >= 0.6 is 0 Å². The Morgan fingerprint density at radius 1 is 1.04 bits per heavy atom. The van der Waals surface area contributed by atoms with Crippen LogP contribution in [0.25, 0.3) is 16.3 Å². The standard InChI is InChI=1S/C20H18N2O5/c1-4-14(19(23)24)15-7-5-6-12-8-9-13(10-16(12)15)27-20-21-17(25-2)11-18(22-20)26-3/h4-11H,1-3H3,(H,23,24)/b14-4+. The van der Waals surface area contributed by atoms with Crippen LogP contribution in [0.3, 0.4) is 0 Å². The predicted molar refractivity (Wildman–Crippen MR) is 100 cm³/mol. The molecule has 0 aliphatic rings. The van der Waals surface area contributed by atoms with Gasteiger partial charge in [0, 0.05) is 0 Å². The first-order valence-corrected chi connectivity index (χ1v) is 8.13. The van der Waals surface area contributed by atoms with Crippen LogP contribution in [0.2, 0.25) is 0 Å². The molecule has 0 fully saturated rings. The van der Waals surface area contributed by atoms with Crippen LogP contribution in [0, 0.1) is 0 Å². The molecular formula is C20H18N2O5.